The Labute approximate surface area is 82.7 Å². The van der Waals surface area contributed by atoms with Crippen LogP contribution < -0.4 is 5.73 Å². The van der Waals surface area contributed by atoms with E-state index in [1.54, 1.807) is 18.2 Å². The molecule has 0 bridgehead atoms. The summed E-state index contributed by atoms with van der Waals surface area (Å²) >= 11 is 5.65. The predicted molar refractivity (Wildman–Crippen MR) is 53.5 cm³/mol. The van der Waals surface area contributed by atoms with Gasteiger partial charge in [0, 0.05) is 0 Å². The van der Waals surface area contributed by atoms with Gasteiger partial charge in [-0.05, 0) is 30.5 Å². The Bertz CT molecular complexity index is 288. The van der Waals surface area contributed by atoms with Crippen molar-refractivity contribution in [2.24, 2.45) is 5.73 Å². The zero-order valence-corrected chi connectivity index (χ0v) is 8.31. The van der Waals surface area contributed by atoms with E-state index in [1.165, 1.54) is 0 Å². The summed E-state index contributed by atoms with van der Waals surface area (Å²) < 4.78 is 13.4. The highest BCUT2D eigenvalue weighted by molar-refractivity contribution is 6.30. The molecule has 0 saturated carbocycles. The van der Waals surface area contributed by atoms with Crippen molar-refractivity contribution in [3.8, 4) is 0 Å². The molecule has 0 spiro atoms. The van der Waals surface area contributed by atoms with Gasteiger partial charge in [0.05, 0.1) is 5.02 Å². The normalized spacial score (nSPS) is 12.9. The Morgan fingerprint density at radius 3 is 2.85 bits per heavy atom. The van der Waals surface area contributed by atoms with Crippen molar-refractivity contribution < 1.29 is 4.39 Å². The van der Waals surface area contributed by atoms with Gasteiger partial charge in [-0.2, -0.15) is 0 Å². The van der Waals surface area contributed by atoms with Crippen molar-refractivity contribution in [2.75, 3.05) is 6.54 Å². The van der Waals surface area contributed by atoms with E-state index in [1.807, 2.05) is 6.92 Å². The molecule has 0 amide bonds. The maximum atomic E-state index is 13.4. The van der Waals surface area contributed by atoms with Crippen LogP contribution in [0.15, 0.2) is 18.2 Å². The van der Waals surface area contributed by atoms with Crippen LogP contribution in [0.5, 0.6) is 0 Å². The van der Waals surface area contributed by atoms with Crippen LogP contribution >= 0.6 is 11.6 Å². The summed E-state index contributed by atoms with van der Waals surface area (Å²) in [6.45, 7) is 2.51. The molecule has 1 unspecified atom stereocenters. The van der Waals surface area contributed by atoms with Crippen molar-refractivity contribution in [1.29, 1.82) is 0 Å². The standard InChI is InChI=1S/C10H13ClFN/c1-7(5-6-13)8-3-2-4-9(11)10(8)12/h2-4,7H,5-6,13H2,1H3. The molecular formula is C10H13ClFN. The highest BCUT2D eigenvalue weighted by Crippen LogP contribution is 2.25. The average Bonchev–Trinajstić information content (AvgIpc) is 2.10. The molecule has 0 aliphatic rings. The van der Waals surface area contributed by atoms with Crippen LogP contribution in [-0.2, 0) is 0 Å². The number of hydrogen-bond donors (Lipinski definition) is 1. The smallest absolute Gasteiger partial charge is 0.145 e. The molecule has 0 saturated heterocycles. The second-order valence-electron chi connectivity index (χ2n) is 3.12. The summed E-state index contributed by atoms with van der Waals surface area (Å²) in [5, 5.41) is 0.182. The summed E-state index contributed by atoms with van der Waals surface area (Å²) in [7, 11) is 0. The molecular weight excluding hydrogens is 189 g/mol. The zero-order valence-electron chi connectivity index (χ0n) is 7.56. The lowest BCUT2D eigenvalue weighted by Gasteiger charge is -2.11. The van der Waals surface area contributed by atoms with Crippen LogP contribution in [0, 0.1) is 5.82 Å². The molecule has 2 N–H and O–H groups in total. The minimum absolute atomic E-state index is 0.128. The minimum Gasteiger partial charge on any atom is -0.330 e. The molecule has 0 aliphatic carbocycles. The number of benzene rings is 1. The van der Waals surface area contributed by atoms with E-state index in [0.29, 0.717) is 12.1 Å². The average molecular weight is 202 g/mol. The summed E-state index contributed by atoms with van der Waals surface area (Å²) in [5.41, 5.74) is 6.05. The van der Waals surface area contributed by atoms with Crippen LogP contribution in [0.3, 0.4) is 0 Å². The molecule has 3 heteroatoms. The highest BCUT2D eigenvalue weighted by atomic mass is 35.5. The molecule has 1 rings (SSSR count). The second kappa shape index (κ2) is 4.58. The first kappa shape index (κ1) is 10.5. The van der Waals surface area contributed by atoms with E-state index in [9.17, 15) is 4.39 Å². The van der Waals surface area contributed by atoms with Gasteiger partial charge in [-0.15, -0.1) is 0 Å². The molecule has 1 nitrogen and oxygen atoms in total. The van der Waals surface area contributed by atoms with Crippen LogP contribution in [-0.4, -0.2) is 6.54 Å². The summed E-state index contributed by atoms with van der Waals surface area (Å²) in [6, 6.07) is 5.06. The Balaban J connectivity index is 2.93. The van der Waals surface area contributed by atoms with Crippen molar-refractivity contribution in [2.45, 2.75) is 19.3 Å². The Morgan fingerprint density at radius 1 is 1.54 bits per heavy atom. The third-order valence-electron chi connectivity index (χ3n) is 2.11. The number of nitrogens with two attached hydrogens (primary N) is 1. The van der Waals surface area contributed by atoms with E-state index < -0.39 is 0 Å². The van der Waals surface area contributed by atoms with Gasteiger partial charge in [0.15, 0.2) is 0 Å². The van der Waals surface area contributed by atoms with Crippen molar-refractivity contribution >= 4 is 11.6 Å². The second-order valence-corrected chi connectivity index (χ2v) is 3.53. The maximum absolute atomic E-state index is 13.4. The fourth-order valence-corrected chi connectivity index (χ4v) is 1.49. The van der Waals surface area contributed by atoms with E-state index in [4.69, 9.17) is 17.3 Å². The Hall–Kier alpha value is -0.600. The van der Waals surface area contributed by atoms with E-state index in [2.05, 4.69) is 0 Å². The monoisotopic (exact) mass is 201 g/mol. The first-order chi connectivity index (χ1) is 6.16. The number of halogens is 2. The topological polar surface area (TPSA) is 26.0 Å². The fraction of sp³-hybridized carbons (Fsp3) is 0.400. The van der Waals surface area contributed by atoms with E-state index in [-0.39, 0.29) is 16.8 Å². The van der Waals surface area contributed by atoms with Gasteiger partial charge < -0.3 is 5.73 Å². The van der Waals surface area contributed by atoms with Gasteiger partial charge >= 0.3 is 0 Å². The first-order valence-corrected chi connectivity index (χ1v) is 4.68. The predicted octanol–water partition coefficient (Wildman–Crippen LogP) is 2.93. The van der Waals surface area contributed by atoms with Crippen molar-refractivity contribution in [1.82, 2.24) is 0 Å². The summed E-state index contributed by atoms with van der Waals surface area (Å²) in [5.74, 6) is -0.186. The lowest BCUT2D eigenvalue weighted by atomic mass is 9.97. The lowest BCUT2D eigenvalue weighted by Crippen LogP contribution is -2.06. The maximum Gasteiger partial charge on any atom is 0.145 e. The largest absolute Gasteiger partial charge is 0.330 e. The summed E-state index contributed by atoms with van der Waals surface area (Å²) in [4.78, 5) is 0. The molecule has 13 heavy (non-hydrogen) atoms. The fourth-order valence-electron chi connectivity index (χ4n) is 1.31. The molecule has 1 aromatic carbocycles. The van der Waals surface area contributed by atoms with Crippen molar-refractivity contribution in [3.05, 3.63) is 34.6 Å². The molecule has 0 aliphatic heterocycles. The van der Waals surface area contributed by atoms with Crippen LogP contribution in [0.1, 0.15) is 24.8 Å². The van der Waals surface area contributed by atoms with Gasteiger partial charge in [0.1, 0.15) is 5.82 Å². The van der Waals surface area contributed by atoms with Crippen LogP contribution in [0.25, 0.3) is 0 Å². The molecule has 0 fully saturated rings. The molecule has 72 valence electrons. The quantitative estimate of drug-likeness (QED) is 0.800. The third kappa shape index (κ3) is 2.42. The number of rotatable bonds is 3. The van der Waals surface area contributed by atoms with Gasteiger partial charge in [0.25, 0.3) is 0 Å². The Morgan fingerprint density at radius 2 is 2.23 bits per heavy atom. The first-order valence-electron chi connectivity index (χ1n) is 4.30. The molecule has 0 radical (unpaired) electrons. The SMILES string of the molecule is CC(CCN)c1cccc(Cl)c1F. The zero-order chi connectivity index (χ0) is 9.84. The summed E-state index contributed by atoms with van der Waals surface area (Å²) in [6.07, 6.45) is 0.775. The molecule has 0 aromatic heterocycles. The third-order valence-corrected chi connectivity index (χ3v) is 2.40. The van der Waals surface area contributed by atoms with Gasteiger partial charge in [0.2, 0.25) is 0 Å². The highest BCUT2D eigenvalue weighted by Gasteiger charge is 2.11. The van der Waals surface area contributed by atoms with E-state index in [0.717, 1.165) is 6.42 Å². The Kier molecular flexibility index (Phi) is 3.70. The van der Waals surface area contributed by atoms with Gasteiger partial charge in [-0.1, -0.05) is 30.7 Å². The van der Waals surface area contributed by atoms with Crippen molar-refractivity contribution in [3.63, 3.8) is 0 Å². The van der Waals surface area contributed by atoms with E-state index >= 15 is 0 Å². The molecule has 1 aromatic rings. The van der Waals surface area contributed by atoms with Gasteiger partial charge in [-0.25, -0.2) is 4.39 Å². The number of hydrogen-bond acceptors (Lipinski definition) is 1. The van der Waals surface area contributed by atoms with Crippen LogP contribution in [0.4, 0.5) is 4.39 Å². The molecule has 0 heterocycles. The molecule has 1 atom stereocenters. The lowest BCUT2D eigenvalue weighted by molar-refractivity contribution is 0.577. The van der Waals surface area contributed by atoms with Gasteiger partial charge in [-0.3, -0.25) is 0 Å². The van der Waals surface area contributed by atoms with Crippen LogP contribution in [0.2, 0.25) is 5.02 Å². The minimum atomic E-state index is -0.315.